The van der Waals surface area contributed by atoms with Crippen LogP contribution in [0.3, 0.4) is 0 Å². The van der Waals surface area contributed by atoms with Gasteiger partial charge in [-0.2, -0.15) is 5.26 Å². The fourth-order valence-corrected chi connectivity index (χ4v) is 2.09. The number of likely N-dealkylation sites (N-methyl/N-ethyl adjacent to an activating group) is 1. The molecule has 0 bridgehead atoms. The summed E-state index contributed by atoms with van der Waals surface area (Å²) in [6, 6.07) is 1.69. The molecule has 1 N–H and O–H groups in total. The van der Waals surface area contributed by atoms with E-state index in [4.69, 9.17) is 10.00 Å². The van der Waals surface area contributed by atoms with Crippen LogP contribution in [0.2, 0.25) is 0 Å². The van der Waals surface area contributed by atoms with Crippen molar-refractivity contribution in [2.45, 2.75) is 18.9 Å². The minimum absolute atomic E-state index is 0.0117. The number of ether oxygens (including phenoxy) is 1. The lowest BCUT2D eigenvalue weighted by atomic mass is 10.2. The van der Waals surface area contributed by atoms with Crippen molar-refractivity contribution in [3.05, 3.63) is 0 Å². The second-order valence-electron chi connectivity index (χ2n) is 4.71. The molecule has 20 heavy (non-hydrogen) atoms. The number of carbonyl (C=O) groups is 2. The van der Waals surface area contributed by atoms with Crippen molar-refractivity contribution in [2.75, 3.05) is 46.9 Å². The molecule has 0 aromatic carbocycles. The molecule has 1 atom stereocenters. The highest BCUT2D eigenvalue weighted by Crippen LogP contribution is 2.08. The number of nitriles is 1. The molecule has 0 aromatic heterocycles. The second-order valence-corrected chi connectivity index (χ2v) is 4.71. The van der Waals surface area contributed by atoms with Crippen molar-refractivity contribution in [1.82, 2.24) is 15.1 Å². The smallest absolute Gasteiger partial charge is 0.239 e. The van der Waals surface area contributed by atoms with Gasteiger partial charge in [0.1, 0.15) is 6.04 Å². The van der Waals surface area contributed by atoms with Crippen LogP contribution in [0.25, 0.3) is 0 Å². The number of nitrogens with one attached hydrogen (secondary N) is 1. The van der Waals surface area contributed by atoms with Crippen LogP contribution in [0.15, 0.2) is 0 Å². The maximum Gasteiger partial charge on any atom is 0.239 e. The summed E-state index contributed by atoms with van der Waals surface area (Å²) in [4.78, 5) is 27.2. The summed E-state index contributed by atoms with van der Waals surface area (Å²) in [5.41, 5.74) is 0. The molecule has 7 heteroatoms. The fourth-order valence-electron chi connectivity index (χ4n) is 2.09. The van der Waals surface area contributed by atoms with Crippen LogP contribution in [0.1, 0.15) is 12.8 Å². The molecule has 7 nitrogen and oxygen atoms in total. The summed E-state index contributed by atoms with van der Waals surface area (Å²) in [5.74, 6) is -0.0996. The van der Waals surface area contributed by atoms with Gasteiger partial charge >= 0.3 is 0 Å². The third kappa shape index (κ3) is 4.79. The minimum Gasteiger partial charge on any atom is -0.378 e. The third-order valence-corrected chi connectivity index (χ3v) is 3.39. The molecule has 1 aliphatic heterocycles. The maximum absolute atomic E-state index is 11.9. The maximum atomic E-state index is 11.9. The summed E-state index contributed by atoms with van der Waals surface area (Å²) in [5, 5.41) is 11.1. The summed E-state index contributed by atoms with van der Waals surface area (Å²) in [7, 11) is 3.28. The molecule has 0 aromatic rings. The summed E-state index contributed by atoms with van der Waals surface area (Å²) in [6.45, 7) is 2.55. The fraction of sp³-hybridized carbons (Fsp3) is 0.769. The van der Waals surface area contributed by atoms with Crippen molar-refractivity contribution < 1.29 is 14.3 Å². The van der Waals surface area contributed by atoms with Gasteiger partial charge in [-0.25, -0.2) is 0 Å². The van der Waals surface area contributed by atoms with E-state index < -0.39 is 0 Å². The molecule has 0 radical (unpaired) electrons. The Kier molecular flexibility index (Phi) is 6.98. The third-order valence-electron chi connectivity index (χ3n) is 3.39. The number of morpholine rings is 1. The van der Waals surface area contributed by atoms with Gasteiger partial charge in [0.25, 0.3) is 0 Å². The van der Waals surface area contributed by atoms with Crippen molar-refractivity contribution in [3.63, 3.8) is 0 Å². The molecule has 1 unspecified atom stereocenters. The van der Waals surface area contributed by atoms with Gasteiger partial charge in [0.15, 0.2) is 0 Å². The van der Waals surface area contributed by atoms with E-state index in [1.54, 1.807) is 19.0 Å². The highest BCUT2D eigenvalue weighted by Gasteiger charge is 2.28. The zero-order chi connectivity index (χ0) is 15.0. The number of rotatable bonds is 6. The molecule has 112 valence electrons. The van der Waals surface area contributed by atoms with Gasteiger partial charge in [0, 0.05) is 40.2 Å². The van der Waals surface area contributed by atoms with E-state index in [1.807, 2.05) is 11.0 Å². The average molecular weight is 282 g/mol. The van der Waals surface area contributed by atoms with Gasteiger partial charge in [-0.15, -0.1) is 0 Å². The lowest BCUT2D eigenvalue weighted by Gasteiger charge is -2.34. The summed E-state index contributed by atoms with van der Waals surface area (Å²) >= 11 is 0. The first-order valence-electron chi connectivity index (χ1n) is 6.74. The monoisotopic (exact) mass is 282 g/mol. The molecule has 1 saturated heterocycles. The van der Waals surface area contributed by atoms with Crippen LogP contribution in [0, 0.1) is 11.3 Å². The summed E-state index contributed by atoms with van der Waals surface area (Å²) in [6.07, 6.45) is 0.677. The van der Waals surface area contributed by atoms with E-state index in [-0.39, 0.29) is 17.9 Å². The van der Waals surface area contributed by atoms with E-state index in [1.165, 1.54) is 0 Å². The Morgan fingerprint density at radius 2 is 2.30 bits per heavy atom. The molecule has 0 aliphatic carbocycles. The predicted molar refractivity (Wildman–Crippen MR) is 72.7 cm³/mol. The van der Waals surface area contributed by atoms with Gasteiger partial charge in [-0.1, -0.05) is 0 Å². The van der Waals surface area contributed by atoms with Crippen molar-refractivity contribution in [3.8, 4) is 6.07 Å². The number of hydrogen-bond donors (Lipinski definition) is 1. The Bertz CT molecular complexity index is 380. The second kappa shape index (κ2) is 8.51. The van der Waals surface area contributed by atoms with Crippen LogP contribution in [-0.2, 0) is 14.3 Å². The number of hydrogen-bond acceptors (Lipinski definition) is 5. The molecular weight excluding hydrogens is 260 g/mol. The molecule has 0 saturated carbocycles. The van der Waals surface area contributed by atoms with E-state index in [0.29, 0.717) is 45.7 Å². The molecule has 0 spiro atoms. The van der Waals surface area contributed by atoms with Gasteiger partial charge in [0.2, 0.25) is 11.8 Å². The normalized spacial score (nSPS) is 19.1. The van der Waals surface area contributed by atoms with Gasteiger partial charge < -0.3 is 15.0 Å². The zero-order valence-electron chi connectivity index (χ0n) is 12.1. The molecule has 1 rings (SSSR count). The molecule has 2 amide bonds. The van der Waals surface area contributed by atoms with Gasteiger partial charge in [-0.05, 0) is 0 Å². The van der Waals surface area contributed by atoms with Crippen molar-refractivity contribution in [1.29, 1.82) is 5.26 Å². The van der Waals surface area contributed by atoms with Crippen LogP contribution >= 0.6 is 0 Å². The Labute approximate surface area is 119 Å². The summed E-state index contributed by atoms with van der Waals surface area (Å²) < 4.78 is 5.31. The Balaban J connectivity index is 2.43. The molecule has 1 heterocycles. The van der Waals surface area contributed by atoms with Crippen LogP contribution in [-0.4, -0.2) is 74.6 Å². The number of nitrogens with zero attached hydrogens (tertiary/aromatic N) is 3. The Morgan fingerprint density at radius 3 is 2.95 bits per heavy atom. The quantitative estimate of drug-likeness (QED) is 0.689. The largest absolute Gasteiger partial charge is 0.378 e. The first kappa shape index (κ1) is 16.4. The standard InChI is InChI=1S/C13H22N4O3/c1-15-13(19)11-10-20-9-8-17(11)7-4-12(18)16(2)6-3-5-14/h11H,3-4,6-10H2,1-2H3,(H,15,19). The van der Waals surface area contributed by atoms with E-state index in [0.717, 1.165) is 0 Å². The Hall–Kier alpha value is -1.65. The first-order chi connectivity index (χ1) is 9.60. The predicted octanol–water partition coefficient (Wildman–Crippen LogP) is -0.805. The van der Waals surface area contributed by atoms with Crippen molar-refractivity contribution >= 4 is 11.8 Å². The highest BCUT2D eigenvalue weighted by molar-refractivity contribution is 5.82. The highest BCUT2D eigenvalue weighted by atomic mass is 16.5. The van der Waals surface area contributed by atoms with E-state index in [9.17, 15) is 9.59 Å². The molecule has 1 fully saturated rings. The van der Waals surface area contributed by atoms with Crippen molar-refractivity contribution in [2.24, 2.45) is 0 Å². The van der Waals surface area contributed by atoms with E-state index >= 15 is 0 Å². The average Bonchev–Trinajstić information content (AvgIpc) is 2.49. The number of carbonyl (C=O) groups excluding carboxylic acids is 2. The molecular formula is C13H22N4O3. The van der Waals surface area contributed by atoms with Crippen LogP contribution in [0.4, 0.5) is 0 Å². The lowest BCUT2D eigenvalue weighted by molar-refractivity contribution is -0.135. The topological polar surface area (TPSA) is 85.7 Å². The first-order valence-corrected chi connectivity index (χ1v) is 6.74. The molecule has 1 aliphatic rings. The Morgan fingerprint density at radius 1 is 1.55 bits per heavy atom. The number of amides is 2. The zero-order valence-corrected chi connectivity index (χ0v) is 12.1. The van der Waals surface area contributed by atoms with Crippen LogP contribution in [0.5, 0.6) is 0 Å². The lowest BCUT2D eigenvalue weighted by Crippen LogP contribution is -2.53. The van der Waals surface area contributed by atoms with Gasteiger partial charge in [0.05, 0.1) is 25.7 Å². The van der Waals surface area contributed by atoms with Gasteiger partial charge in [-0.3, -0.25) is 14.5 Å². The van der Waals surface area contributed by atoms with Crippen LogP contribution < -0.4 is 5.32 Å². The van der Waals surface area contributed by atoms with E-state index in [2.05, 4.69) is 5.32 Å². The SMILES string of the molecule is CNC(=O)C1COCCN1CCC(=O)N(C)CCC#N. The minimum atomic E-state index is -0.328.